The first kappa shape index (κ1) is 12.0. The van der Waals surface area contributed by atoms with Crippen LogP contribution in [0.15, 0.2) is 24.3 Å². The molecule has 6 heteroatoms. The molecule has 0 unspecified atom stereocenters. The molecule has 0 aliphatic heterocycles. The molecule has 0 radical (unpaired) electrons. The molecule has 1 aliphatic rings. The Balaban J connectivity index is 2.15. The van der Waals surface area contributed by atoms with E-state index in [1.165, 1.54) is 0 Å². The minimum absolute atomic E-state index is 0.0926. The lowest BCUT2D eigenvalue weighted by Gasteiger charge is -2.06. The molecule has 0 spiro atoms. The third kappa shape index (κ3) is 2.29. The van der Waals surface area contributed by atoms with E-state index in [0.717, 1.165) is 12.8 Å². The number of carbonyl (C=O) groups is 1. The van der Waals surface area contributed by atoms with Gasteiger partial charge in [0.2, 0.25) is 0 Å². The minimum Gasteiger partial charge on any atom is -0.476 e. The molecular weight excluding hydrogens is 266 g/mol. The molecule has 19 heavy (non-hydrogen) atoms. The predicted molar refractivity (Wildman–Crippen MR) is 69.2 cm³/mol. The lowest BCUT2D eigenvalue weighted by atomic mass is 10.1. The first-order valence-electron chi connectivity index (χ1n) is 5.89. The summed E-state index contributed by atoms with van der Waals surface area (Å²) in [4.78, 5) is 15.4. The summed E-state index contributed by atoms with van der Waals surface area (Å²) in [6, 6.07) is 6.92. The first-order valence-corrected chi connectivity index (χ1v) is 6.27. The lowest BCUT2D eigenvalue weighted by molar-refractivity contribution is 0.0690. The number of halogens is 1. The maximum atomic E-state index is 11.3. The van der Waals surface area contributed by atoms with Gasteiger partial charge in [-0.15, -0.1) is 10.2 Å². The molecule has 2 aromatic rings. The van der Waals surface area contributed by atoms with Crippen LogP contribution in [0.1, 0.15) is 35.1 Å². The van der Waals surface area contributed by atoms with E-state index < -0.39 is 5.97 Å². The van der Waals surface area contributed by atoms with Gasteiger partial charge in [0.15, 0.2) is 11.5 Å². The van der Waals surface area contributed by atoms with Crippen molar-refractivity contribution >= 4 is 17.6 Å². The van der Waals surface area contributed by atoms with Gasteiger partial charge >= 0.3 is 5.97 Å². The van der Waals surface area contributed by atoms with Crippen molar-refractivity contribution in [3.8, 4) is 11.3 Å². The maximum Gasteiger partial charge on any atom is 0.356 e. The lowest BCUT2D eigenvalue weighted by Crippen LogP contribution is -2.10. The molecule has 0 amide bonds. The van der Waals surface area contributed by atoms with Gasteiger partial charge in [0, 0.05) is 11.5 Å². The van der Waals surface area contributed by atoms with Crippen molar-refractivity contribution < 1.29 is 9.90 Å². The third-order valence-electron chi connectivity index (χ3n) is 2.98. The number of rotatable bonds is 3. The van der Waals surface area contributed by atoms with Crippen molar-refractivity contribution in [1.29, 1.82) is 0 Å². The van der Waals surface area contributed by atoms with Gasteiger partial charge in [-0.1, -0.05) is 29.8 Å². The molecule has 96 valence electrons. The van der Waals surface area contributed by atoms with Gasteiger partial charge in [-0.25, -0.2) is 9.78 Å². The van der Waals surface area contributed by atoms with Crippen molar-refractivity contribution in [2.24, 2.45) is 0 Å². The van der Waals surface area contributed by atoms with Crippen molar-refractivity contribution in [1.82, 2.24) is 15.2 Å². The molecule has 0 saturated heterocycles. The molecule has 5 nitrogen and oxygen atoms in total. The number of carboxylic acid groups (broad SMARTS) is 1. The third-order valence-corrected chi connectivity index (χ3v) is 3.31. The normalized spacial score (nSPS) is 14.4. The number of hydrogen-bond acceptors (Lipinski definition) is 4. The molecule has 3 rings (SSSR count). The largest absolute Gasteiger partial charge is 0.476 e. The van der Waals surface area contributed by atoms with Crippen LogP contribution in [0.4, 0.5) is 0 Å². The molecule has 1 heterocycles. The van der Waals surface area contributed by atoms with Crippen LogP contribution in [0.2, 0.25) is 5.02 Å². The van der Waals surface area contributed by atoms with Crippen molar-refractivity contribution in [2.45, 2.75) is 18.8 Å². The summed E-state index contributed by atoms with van der Waals surface area (Å²) >= 11 is 6.06. The molecule has 0 atom stereocenters. The topological polar surface area (TPSA) is 76.0 Å². The number of hydrogen-bond donors (Lipinski definition) is 1. The number of benzene rings is 1. The van der Waals surface area contributed by atoms with Gasteiger partial charge in [-0.3, -0.25) is 0 Å². The average Bonchev–Trinajstić information content (AvgIpc) is 3.23. The molecular formula is C13H10ClN3O2. The molecule has 0 bridgehead atoms. The summed E-state index contributed by atoms with van der Waals surface area (Å²) in [7, 11) is 0. The Hall–Kier alpha value is -2.01. The molecule has 1 N–H and O–H groups in total. The van der Waals surface area contributed by atoms with Gasteiger partial charge < -0.3 is 5.11 Å². The number of carboxylic acids is 1. The molecule has 1 fully saturated rings. The number of aromatic carboxylic acids is 1. The molecule has 1 aromatic heterocycles. The SMILES string of the molecule is O=C(O)c1nc(C2CC2)nnc1-c1ccccc1Cl. The quantitative estimate of drug-likeness (QED) is 0.932. The highest BCUT2D eigenvalue weighted by Crippen LogP contribution is 2.38. The van der Waals surface area contributed by atoms with E-state index in [1.54, 1.807) is 24.3 Å². The predicted octanol–water partition coefficient (Wildman–Crippen LogP) is 2.77. The second kappa shape index (κ2) is 4.59. The van der Waals surface area contributed by atoms with Gasteiger partial charge in [0.05, 0.1) is 5.02 Å². The molecule has 1 aliphatic carbocycles. The zero-order chi connectivity index (χ0) is 13.4. The number of aromatic nitrogens is 3. The fourth-order valence-electron chi connectivity index (χ4n) is 1.84. The van der Waals surface area contributed by atoms with Crippen LogP contribution in [-0.2, 0) is 0 Å². The minimum atomic E-state index is -1.12. The standard InChI is InChI=1S/C13H10ClN3O2/c14-9-4-2-1-3-8(9)10-11(13(18)19)15-12(17-16-10)7-5-6-7/h1-4,7H,5-6H2,(H,18,19). The fraction of sp³-hybridized carbons (Fsp3) is 0.231. The molecule has 1 saturated carbocycles. The second-order valence-corrected chi connectivity index (χ2v) is 4.83. The Labute approximate surface area is 114 Å². The van der Waals surface area contributed by atoms with Gasteiger partial charge in [0.1, 0.15) is 5.69 Å². The Morgan fingerprint density at radius 3 is 2.63 bits per heavy atom. The van der Waals surface area contributed by atoms with Crippen LogP contribution >= 0.6 is 11.6 Å². The first-order chi connectivity index (χ1) is 9.16. The van der Waals surface area contributed by atoms with Gasteiger partial charge in [0.25, 0.3) is 0 Å². The van der Waals surface area contributed by atoms with Crippen LogP contribution in [-0.4, -0.2) is 26.3 Å². The van der Waals surface area contributed by atoms with Crippen LogP contribution in [0.25, 0.3) is 11.3 Å². The van der Waals surface area contributed by atoms with E-state index in [1.807, 2.05) is 0 Å². The van der Waals surface area contributed by atoms with Crippen LogP contribution in [0, 0.1) is 0 Å². The van der Waals surface area contributed by atoms with E-state index >= 15 is 0 Å². The molecule has 1 aromatic carbocycles. The Morgan fingerprint density at radius 2 is 2.00 bits per heavy atom. The van der Waals surface area contributed by atoms with E-state index in [-0.39, 0.29) is 17.3 Å². The van der Waals surface area contributed by atoms with E-state index in [2.05, 4.69) is 15.2 Å². The maximum absolute atomic E-state index is 11.3. The van der Waals surface area contributed by atoms with E-state index in [4.69, 9.17) is 11.6 Å². The Morgan fingerprint density at radius 1 is 1.26 bits per heavy atom. The average molecular weight is 276 g/mol. The van der Waals surface area contributed by atoms with Crippen molar-refractivity contribution in [3.63, 3.8) is 0 Å². The van der Waals surface area contributed by atoms with Crippen LogP contribution < -0.4 is 0 Å². The Bertz CT molecular complexity index is 656. The monoisotopic (exact) mass is 275 g/mol. The highest BCUT2D eigenvalue weighted by Gasteiger charge is 2.29. The zero-order valence-corrected chi connectivity index (χ0v) is 10.6. The second-order valence-electron chi connectivity index (χ2n) is 4.43. The van der Waals surface area contributed by atoms with Crippen molar-refractivity contribution in [2.75, 3.05) is 0 Å². The highest BCUT2D eigenvalue weighted by molar-refractivity contribution is 6.33. The summed E-state index contributed by atoms with van der Waals surface area (Å²) in [5.74, 6) is -0.356. The van der Waals surface area contributed by atoms with Crippen molar-refractivity contribution in [3.05, 3.63) is 40.8 Å². The summed E-state index contributed by atoms with van der Waals surface area (Å²) in [6.45, 7) is 0. The van der Waals surface area contributed by atoms with E-state index in [0.29, 0.717) is 16.4 Å². The fourth-order valence-corrected chi connectivity index (χ4v) is 2.06. The van der Waals surface area contributed by atoms with Gasteiger partial charge in [-0.2, -0.15) is 0 Å². The zero-order valence-electron chi connectivity index (χ0n) is 9.88. The Kier molecular flexibility index (Phi) is 2.91. The van der Waals surface area contributed by atoms with Crippen LogP contribution in [0.5, 0.6) is 0 Å². The summed E-state index contributed by atoms with van der Waals surface area (Å²) in [5.41, 5.74) is 0.649. The smallest absolute Gasteiger partial charge is 0.356 e. The highest BCUT2D eigenvalue weighted by atomic mass is 35.5. The van der Waals surface area contributed by atoms with Gasteiger partial charge in [-0.05, 0) is 18.9 Å². The summed E-state index contributed by atoms with van der Waals surface area (Å²) in [5, 5.41) is 17.7. The summed E-state index contributed by atoms with van der Waals surface area (Å²) < 4.78 is 0. The van der Waals surface area contributed by atoms with Crippen LogP contribution in [0.3, 0.4) is 0 Å². The summed E-state index contributed by atoms with van der Waals surface area (Å²) in [6.07, 6.45) is 1.98. The van der Waals surface area contributed by atoms with E-state index in [9.17, 15) is 9.90 Å². The number of nitrogens with zero attached hydrogens (tertiary/aromatic N) is 3.